The normalized spacial score (nSPS) is 9.00. The molecule has 0 atom stereocenters. The van der Waals surface area contributed by atoms with E-state index in [4.69, 9.17) is 34.8 Å². The fourth-order valence-electron chi connectivity index (χ4n) is 0.660. The predicted molar refractivity (Wildman–Crippen MR) is 54.6 cm³/mol. The summed E-state index contributed by atoms with van der Waals surface area (Å²) in [6.45, 7) is 0. The Morgan fingerprint density at radius 3 is 1.82 bits per heavy atom. The van der Waals surface area contributed by atoms with E-state index in [0.717, 1.165) is 5.56 Å². The summed E-state index contributed by atoms with van der Waals surface area (Å²) in [5.41, 5.74) is 0.799. The van der Waals surface area contributed by atoms with Gasteiger partial charge in [0.1, 0.15) is 0 Å². The van der Waals surface area contributed by atoms with Crippen molar-refractivity contribution in [2.75, 3.05) is 0 Å². The Morgan fingerprint density at radius 1 is 1.09 bits per heavy atom. The van der Waals surface area contributed by atoms with Crippen LogP contribution in [0.1, 0.15) is 5.56 Å². The van der Waals surface area contributed by atoms with Crippen LogP contribution in [0.4, 0.5) is 0 Å². The van der Waals surface area contributed by atoms with E-state index in [2.05, 4.69) is 0 Å². The highest BCUT2D eigenvalue weighted by Crippen LogP contribution is 2.25. The molecule has 11 heavy (non-hydrogen) atoms. The van der Waals surface area contributed by atoms with Gasteiger partial charge >= 0.3 is 23.1 Å². The van der Waals surface area contributed by atoms with Crippen molar-refractivity contribution in [2.45, 2.75) is 5.88 Å². The lowest BCUT2D eigenvalue weighted by atomic mass is 10.2. The van der Waals surface area contributed by atoms with Gasteiger partial charge in [0.25, 0.3) is 0 Å². The fraction of sp³-hybridized carbons (Fsp3) is 0.143. The van der Waals surface area contributed by atoms with Crippen LogP contribution in [0.25, 0.3) is 0 Å². The van der Waals surface area contributed by atoms with E-state index in [1.165, 1.54) is 0 Å². The minimum absolute atomic E-state index is 0. The summed E-state index contributed by atoms with van der Waals surface area (Å²) < 4.78 is 0. The van der Waals surface area contributed by atoms with Crippen LogP contribution in [0.5, 0.6) is 0 Å². The van der Waals surface area contributed by atoms with Gasteiger partial charge in [-0.25, -0.2) is 0 Å². The molecule has 0 aliphatic heterocycles. The van der Waals surface area contributed by atoms with Gasteiger partial charge in [-0.2, -0.15) is 0 Å². The number of rotatable bonds is 1. The maximum Gasteiger partial charge on any atom is 0.316 e. The fourth-order valence-corrected chi connectivity index (χ4v) is 1.62. The molecule has 0 nitrogen and oxygen atoms in total. The van der Waals surface area contributed by atoms with Crippen molar-refractivity contribution in [3.8, 4) is 0 Å². The average Bonchev–Trinajstić information content (AvgIpc) is 1.88. The highest BCUT2D eigenvalue weighted by molar-refractivity contribution is 6.37. The number of alkyl halides is 1. The zero-order valence-corrected chi connectivity index (χ0v) is 7.34. The summed E-state index contributed by atoms with van der Waals surface area (Å²) >= 11 is 17.1. The van der Waals surface area contributed by atoms with Gasteiger partial charge in [0.2, 0.25) is 0 Å². The quantitative estimate of drug-likeness (QED) is 0.506. The molecule has 1 aromatic rings. The summed E-state index contributed by atoms with van der Waals surface area (Å²) in [4.78, 5) is 0. The van der Waals surface area contributed by atoms with Crippen LogP contribution in [-0.2, 0) is 5.88 Å². The molecule has 0 saturated carbocycles. The Hall–Kier alpha value is 0.856. The summed E-state index contributed by atoms with van der Waals surface area (Å²) in [5.74, 6) is 0.360. The zero-order chi connectivity index (χ0) is 7.56. The van der Waals surface area contributed by atoms with Crippen molar-refractivity contribution in [3.63, 3.8) is 0 Å². The number of benzene rings is 1. The molecule has 0 bridgehead atoms. The predicted octanol–water partition coefficient (Wildman–Crippen LogP) is 2.82. The van der Waals surface area contributed by atoms with Gasteiger partial charge in [0.15, 0.2) is 0 Å². The first kappa shape index (κ1) is 11.9. The molecule has 0 aliphatic carbocycles. The highest BCUT2D eigenvalue weighted by atomic mass is 35.5. The van der Waals surface area contributed by atoms with Gasteiger partial charge in [-0.05, 0) is 12.1 Å². The van der Waals surface area contributed by atoms with Gasteiger partial charge < -0.3 is 0 Å². The summed E-state index contributed by atoms with van der Waals surface area (Å²) in [6, 6.07) is 5.33. The highest BCUT2D eigenvalue weighted by Gasteiger charge is 2.01. The molecular formula is C7H7Cl3Mg. The Labute approximate surface area is 97.0 Å². The van der Waals surface area contributed by atoms with E-state index in [9.17, 15) is 0 Å². The van der Waals surface area contributed by atoms with Crippen molar-refractivity contribution in [2.24, 2.45) is 0 Å². The van der Waals surface area contributed by atoms with Gasteiger partial charge in [-0.1, -0.05) is 29.3 Å². The SMILES string of the molecule is ClCc1c(Cl)cccc1Cl.[MgH2]. The van der Waals surface area contributed by atoms with E-state index in [0.29, 0.717) is 15.9 Å². The molecule has 58 valence electrons. The van der Waals surface area contributed by atoms with Crippen molar-refractivity contribution in [3.05, 3.63) is 33.8 Å². The van der Waals surface area contributed by atoms with E-state index in [1.54, 1.807) is 18.2 Å². The van der Waals surface area contributed by atoms with E-state index < -0.39 is 0 Å². The van der Waals surface area contributed by atoms with E-state index >= 15 is 0 Å². The van der Waals surface area contributed by atoms with Crippen molar-refractivity contribution in [1.82, 2.24) is 0 Å². The molecule has 0 aliphatic rings. The Morgan fingerprint density at radius 2 is 1.55 bits per heavy atom. The second-order valence-electron chi connectivity index (χ2n) is 1.83. The van der Waals surface area contributed by atoms with Crippen LogP contribution >= 0.6 is 34.8 Å². The molecule has 0 amide bonds. The van der Waals surface area contributed by atoms with Crippen LogP contribution in [0.3, 0.4) is 0 Å². The first-order valence-electron chi connectivity index (χ1n) is 2.74. The zero-order valence-electron chi connectivity index (χ0n) is 5.07. The molecule has 0 radical (unpaired) electrons. The molecule has 0 fully saturated rings. The van der Waals surface area contributed by atoms with Gasteiger partial charge in [-0.3, -0.25) is 0 Å². The van der Waals surface area contributed by atoms with Crippen molar-refractivity contribution >= 4 is 57.9 Å². The standard InChI is InChI=1S/C7H5Cl3.Mg.2H/c8-4-5-6(9)2-1-3-7(5)10;;;/h1-3H,4H2;;;. The molecule has 1 aromatic carbocycles. The van der Waals surface area contributed by atoms with Crippen LogP contribution in [0.15, 0.2) is 18.2 Å². The van der Waals surface area contributed by atoms with Gasteiger partial charge in [0, 0.05) is 15.6 Å². The number of hydrogen-bond donors (Lipinski definition) is 0. The van der Waals surface area contributed by atoms with Crippen LogP contribution in [0, 0.1) is 0 Å². The Bertz CT molecular complexity index is 217. The monoisotopic (exact) mass is 220 g/mol. The third-order valence-electron chi connectivity index (χ3n) is 1.20. The van der Waals surface area contributed by atoms with Gasteiger partial charge in [0.05, 0.1) is 5.88 Å². The molecule has 0 unspecified atom stereocenters. The van der Waals surface area contributed by atoms with Crippen molar-refractivity contribution < 1.29 is 0 Å². The number of hydrogen-bond acceptors (Lipinski definition) is 0. The second-order valence-corrected chi connectivity index (χ2v) is 2.92. The van der Waals surface area contributed by atoms with Crippen molar-refractivity contribution in [1.29, 1.82) is 0 Å². The lowest BCUT2D eigenvalue weighted by Crippen LogP contribution is -1.80. The molecule has 0 heterocycles. The lowest BCUT2D eigenvalue weighted by Gasteiger charge is -2.00. The second kappa shape index (κ2) is 5.49. The van der Waals surface area contributed by atoms with Gasteiger partial charge in [-0.15, -0.1) is 11.6 Å². The lowest BCUT2D eigenvalue weighted by molar-refractivity contribution is 1.40. The molecule has 0 saturated heterocycles. The largest absolute Gasteiger partial charge is 0.316 e. The third-order valence-corrected chi connectivity index (χ3v) is 2.17. The smallest absolute Gasteiger partial charge is 0.121 e. The molecule has 0 N–H and O–H groups in total. The molecule has 0 spiro atoms. The first-order chi connectivity index (χ1) is 4.75. The third kappa shape index (κ3) is 3.00. The molecule has 1 rings (SSSR count). The van der Waals surface area contributed by atoms with Crippen LogP contribution in [-0.4, -0.2) is 23.1 Å². The Balaban J connectivity index is 0.000001000. The maximum absolute atomic E-state index is 5.76. The minimum atomic E-state index is 0. The summed E-state index contributed by atoms with van der Waals surface area (Å²) in [7, 11) is 0. The molecule has 4 heteroatoms. The molecule has 0 aromatic heterocycles. The van der Waals surface area contributed by atoms with Crippen LogP contribution in [0.2, 0.25) is 10.0 Å². The Kier molecular flexibility index (Phi) is 5.92. The van der Waals surface area contributed by atoms with E-state index in [1.807, 2.05) is 0 Å². The first-order valence-corrected chi connectivity index (χ1v) is 4.03. The maximum atomic E-state index is 5.76. The van der Waals surface area contributed by atoms with Crippen LogP contribution < -0.4 is 0 Å². The van der Waals surface area contributed by atoms with E-state index in [-0.39, 0.29) is 23.1 Å². The summed E-state index contributed by atoms with van der Waals surface area (Å²) in [6.07, 6.45) is 0. The topological polar surface area (TPSA) is 0 Å². The number of halogens is 3. The average molecular weight is 222 g/mol. The molecular weight excluding hydrogens is 215 g/mol. The summed E-state index contributed by atoms with van der Waals surface area (Å²) in [5, 5.41) is 1.25. The minimum Gasteiger partial charge on any atom is -0.121 e.